The molecule has 0 unspecified atom stereocenters. The lowest BCUT2D eigenvalue weighted by atomic mass is 10.1. The molecule has 0 bridgehead atoms. The van der Waals surface area contributed by atoms with Gasteiger partial charge in [-0.3, -0.25) is 4.90 Å². The Labute approximate surface area is 124 Å². The average molecular weight is 291 g/mol. The molecule has 4 heteroatoms. The van der Waals surface area contributed by atoms with Gasteiger partial charge in [-0.2, -0.15) is 0 Å². The Balaban J connectivity index is 2.04. The minimum atomic E-state index is 0.714. The predicted octanol–water partition coefficient (Wildman–Crippen LogP) is 3.56. The van der Waals surface area contributed by atoms with Crippen molar-refractivity contribution >= 4 is 17.3 Å². The SMILES string of the molecule is COc1cc(N)ccc1CN(C)Cc1ccc(Cl)cc1. The van der Waals surface area contributed by atoms with Gasteiger partial charge in [0.1, 0.15) is 5.75 Å². The first-order chi connectivity index (χ1) is 9.58. The van der Waals surface area contributed by atoms with E-state index in [0.29, 0.717) is 5.69 Å². The molecule has 2 rings (SSSR count). The second-order valence-electron chi connectivity index (χ2n) is 4.87. The lowest BCUT2D eigenvalue weighted by molar-refractivity contribution is 0.310. The Hall–Kier alpha value is -1.71. The first-order valence-electron chi connectivity index (χ1n) is 6.44. The molecule has 2 aromatic rings. The van der Waals surface area contributed by atoms with Crippen LogP contribution in [0.1, 0.15) is 11.1 Å². The molecule has 106 valence electrons. The number of hydrogen-bond donors (Lipinski definition) is 1. The summed E-state index contributed by atoms with van der Waals surface area (Å²) in [6.07, 6.45) is 0. The highest BCUT2D eigenvalue weighted by molar-refractivity contribution is 6.30. The highest BCUT2D eigenvalue weighted by Gasteiger charge is 2.07. The quantitative estimate of drug-likeness (QED) is 0.856. The molecule has 0 aliphatic heterocycles. The molecule has 2 aromatic carbocycles. The lowest BCUT2D eigenvalue weighted by Gasteiger charge is -2.19. The molecule has 0 saturated carbocycles. The van der Waals surface area contributed by atoms with E-state index in [0.717, 1.165) is 29.4 Å². The molecule has 3 nitrogen and oxygen atoms in total. The van der Waals surface area contributed by atoms with Gasteiger partial charge < -0.3 is 10.5 Å². The van der Waals surface area contributed by atoms with Gasteiger partial charge in [0.05, 0.1) is 7.11 Å². The second kappa shape index (κ2) is 6.64. The standard InChI is InChI=1S/C16H19ClN2O/c1-19(10-12-3-6-14(17)7-4-12)11-13-5-8-15(18)9-16(13)20-2/h3-9H,10-11,18H2,1-2H3. The molecule has 0 radical (unpaired) electrons. The topological polar surface area (TPSA) is 38.5 Å². The van der Waals surface area contributed by atoms with Crippen LogP contribution in [0.25, 0.3) is 0 Å². The molecule has 0 aromatic heterocycles. The normalized spacial score (nSPS) is 10.8. The molecule has 0 heterocycles. The third kappa shape index (κ3) is 3.89. The molecule has 0 fully saturated rings. The van der Waals surface area contributed by atoms with Crippen molar-refractivity contribution in [1.29, 1.82) is 0 Å². The summed E-state index contributed by atoms with van der Waals surface area (Å²) in [5, 5.41) is 0.761. The highest BCUT2D eigenvalue weighted by Crippen LogP contribution is 2.23. The third-order valence-electron chi connectivity index (χ3n) is 3.12. The number of anilines is 1. The van der Waals surface area contributed by atoms with E-state index in [1.807, 2.05) is 42.5 Å². The first-order valence-corrected chi connectivity index (χ1v) is 6.81. The van der Waals surface area contributed by atoms with Crippen molar-refractivity contribution in [2.75, 3.05) is 19.9 Å². The van der Waals surface area contributed by atoms with E-state index < -0.39 is 0 Å². The van der Waals surface area contributed by atoms with Crippen molar-refractivity contribution in [1.82, 2.24) is 4.90 Å². The van der Waals surface area contributed by atoms with Gasteiger partial charge in [0.25, 0.3) is 0 Å². The van der Waals surface area contributed by atoms with E-state index in [1.54, 1.807) is 7.11 Å². The Bertz CT molecular complexity index is 569. The smallest absolute Gasteiger partial charge is 0.125 e. The lowest BCUT2D eigenvalue weighted by Crippen LogP contribution is -2.17. The maximum Gasteiger partial charge on any atom is 0.125 e. The number of nitrogen functional groups attached to an aromatic ring is 1. The van der Waals surface area contributed by atoms with Gasteiger partial charge in [-0.15, -0.1) is 0 Å². The molecule has 0 spiro atoms. The molecule has 0 amide bonds. The van der Waals surface area contributed by atoms with Crippen molar-refractivity contribution < 1.29 is 4.74 Å². The number of halogens is 1. The second-order valence-corrected chi connectivity index (χ2v) is 5.31. The molecule has 0 saturated heterocycles. The minimum absolute atomic E-state index is 0.714. The number of benzene rings is 2. The molecule has 20 heavy (non-hydrogen) atoms. The average Bonchev–Trinajstić information content (AvgIpc) is 2.43. The number of hydrogen-bond acceptors (Lipinski definition) is 3. The zero-order valence-electron chi connectivity index (χ0n) is 11.8. The summed E-state index contributed by atoms with van der Waals surface area (Å²) in [5.74, 6) is 0.827. The fourth-order valence-corrected chi connectivity index (χ4v) is 2.27. The highest BCUT2D eigenvalue weighted by atomic mass is 35.5. The summed E-state index contributed by atoms with van der Waals surface area (Å²) < 4.78 is 5.37. The van der Waals surface area contributed by atoms with Crippen molar-refractivity contribution in [3.63, 3.8) is 0 Å². The van der Waals surface area contributed by atoms with Crippen LogP contribution in [0.15, 0.2) is 42.5 Å². The van der Waals surface area contributed by atoms with E-state index in [4.69, 9.17) is 22.1 Å². The van der Waals surface area contributed by atoms with Crippen LogP contribution in [-0.2, 0) is 13.1 Å². The van der Waals surface area contributed by atoms with Gasteiger partial charge in [0, 0.05) is 35.4 Å². The van der Waals surface area contributed by atoms with Crippen molar-refractivity contribution in [2.45, 2.75) is 13.1 Å². The van der Waals surface area contributed by atoms with Crippen LogP contribution in [0, 0.1) is 0 Å². The molecule has 0 aliphatic carbocycles. The van der Waals surface area contributed by atoms with Crippen LogP contribution >= 0.6 is 11.6 Å². The van der Waals surface area contributed by atoms with Crippen LogP contribution in [-0.4, -0.2) is 19.1 Å². The number of nitrogens with two attached hydrogens (primary N) is 1. The minimum Gasteiger partial charge on any atom is -0.496 e. The van der Waals surface area contributed by atoms with Gasteiger partial charge in [-0.1, -0.05) is 29.8 Å². The van der Waals surface area contributed by atoms with Crippen molar-refractivity contribution in [3.05, 3.63) is 58.6 Å². The molecule has 0 aliphatic rings. The van der Waals surface area contributed by atoms with Crippen LogP contribution in [0.3, 0.4) is 0 Å². The number of methoxy groups -OCH3 is 1. The maximum atomic E-state index is 5.89. The summed E-state index contributed by atoms with van der Waals surface area (Å²) in [7, 11) is 3.74. The van der Waals surface area contributed by atoms with Crippen LogP contribution in [0.2, 0.25) is 5.02 Å². The van der Waals surface area contributed by atoms with Gasteiger partial charge in [-0.25, -0.2) is 0 Å². The number of rotatable bonds is 5. The van der Waals surface area contributed by atoms with Gasteiger partial charge >= 0.3 is 0 Å². The molecule has 2 N–H and O–H groups in total. The third-order valence-corrected chi connectivity index (χ3v) is 3.37. The van der Waals surface area contributed by atoms with Crippen LogP contribution in [0.4, 0.5) is 5.69 Å². The zero-order chi connectivity index (χ0) is 14.5. The van der Waals surface area contributed by atoms with E-state index >= 15 is 0 Å². The Kier molecular flexibility index (Phi) is 4.88. The predicted molar refractivity (Wildman–Crippen MR) is 84.0 cm³/mol. The first kappa shape index (κ1) is 14.7. The monoisotopic (exact) mass is 290 g/mol. The Morgan fingerprint density at radius 3 is 2.45 bits per heavy atom. The summed E-state index contributed by atoms with van der Waals surface area (Å²) in [4.78, 5) is 2.22. The van der Waals surface area contributed by atoms with E-state index in [-0.39, 0.29) is 0 Å². The van der Waals surface area contributed by atoms with E-state index in [1.165, 1.54) is 5.56 Å². The summed E-state index contributed by atoms with van der Waals surface area (Å²) in [6.45, 7) is 1.65. The van der Waals surface area contributed by atoms with E-state index in [9.17, 15) is 0 Å². The summed E-state index contributed by atoms with van der Waals surface area (Å²) in [6, 6.07) is 13.7. The summed E-state index contributed by atoms with van der Waals surface area (Å²) >= 11 is 5.89. The Morgan fingerprint density at radius 2 is 1.80 bits per heavy atom. The van der Waals surface area contributed by atoms with Crippen LogP contribution in [0.5, 0.6) is 5.75 Å². The van der Waals surface area contributed by atoms with E-state index in [2.05, 4.69) is 11.9 Å². The molecule has 0 atom stereocenters. The molecular weight excluding hydrogens is 272 g/mol. The fraction of sp³-hybridized carbons (Fsp3) is 0.250. The zero-order valence-corrected chi connectivity index (χ0v) is 12.5. The number of nitrogens with zero attached hydrogens (tertiary/aromatic N) is 1. The number of ether oxygens (including phenoxy) is 1. The van der Waals surface area contributed by atoms with Crippen molar-refractivity contribution in [2.24, 2.45) is 0 Å². The van der Waals surface area contributed by atoms with Crippen LogP contribution < -0.4 is 10.5 Å². The largest absolute Gasteiger partial charge is 0.496 e. The summed E-state index contributed by atoms with van der Waals surface area (Å²) in [5.41, 5.74) is 8.83. The maximum absolute atomic E-state index is 5.89. The van der Waals surface area contributed by atoms with Gasteiger partial charge in [0.15, 0.2) is 0 Å². The van der Waals surface area contributed by atoms with Gasteiger partial charge in [0.2, 0.25) is 0 Å². The molecular formula is C16H19ClN2O. The Morgan fingerprint density at radius 1 is 1.10 bits per heavy atom. The van der Waals surface area contributed by atoms with Gasteiger partial charge in [-0.05, 0) is 30.8 Å². The fourth-order valence-electron chi connectivity index (χ4n) is 2.14. The van der Waals surface area contributed by atoms with Crippen molar-refractivity contribution in [3.8, 4) is 5.75 Å².